The van der Waals surface area contributed by atoms with Gasteiger partial charge in [0.15, 0.2) is 0 Å². The summed E-state index contributed by atoms with van der Waals surface area (Å²) in [6.45, 7) is 10.8. The molecule has 0 radical (unpaired) electrons. The van der Waals surface area contributed by atoms with E-state index >= 15 is 0 Å². The Kier molecular flexibility index (Phi) is 4.77. The molecule has 3 nitrogen and oxygen atoms in total. The Bertz CT molecular complexity index is 214. The Hall–Kier alpha value is -0.120. The van der Waals surface area contributed by atoms with Crippen molar-refractivity contribution in [2.24, 2.45) is 5.41 Å². The third kappa shape index (κ3) is 4.81. The highest BCUT2D eigenvalue weighted by atomic mass is 16.5. The molecule has 0 aromatic heterocycles. The van der Waals surface area contributed by atoms with E-state index in [0.29, 0.717) is 6.10 Å². The average Bonchev–Trinajstić information content (AvgIpc) is 2.45. The van der Waals surface area contributed by atoms with E-state index in [2.05, 4.69) is 33.0 Å². The molecule has 0 spiro atoms. The number of ether oxygens (including phenoxy) is 1. The van der Waals surface area contributed by atoms with E-state index in [1.807, 2.05) is 0 Å². The highest BCUT2D eigenvalue weighted by Crippen LogP contribution is 2.29. The Morgan fingerprint density at radius 2 is 2.12 bits per heavy atom. The van der Waals surface area contributed by atoms with E-state index in [-0.39, 0.29) is 17.6 Å². The molecule has 2 N–H and O–H groups in total. The largest absolute Gasteiger partial charge is 0.396 e. The molecule has 0 saturated carbocycles. The Morgan fingerprint density at radius 1 is 1.44 bits per heavy atom. The molecule has 1 rings (SSSR count). The van der Waals surface area contributed by atoms with Crippen molar-refractivity contribution in [2.75, 3.05) is 19.7 Å². The molecule has 1 fully saturated rings. The Morgan fingerprint density at radius 3 is 2.62 bits per heavy atom. The summed E-state index contributed by atoms with van der Waals surface area (Å²) in [5.74, 6) is 0. The lowest BCUT2D eigenvalue weighted by molar-refractivity contribution is -0.0149. The zero-order chi connectivity index (χ0) is 12.2. The molecule has 1 aliphatic heterocycles. The van der Waals surface area contributed by atoms with Crippen LogP contribution < -0.4 is 5.32 Å². The summed E-state index contributed by atoms with van der Waals surface area (Å²) >= 11 is 0. The fourth-order valence-corrected chi connectivity index (χ4v) is 2.18. The second-order valence-electron chi connectivity index (χ2n) is 6.31. The van der Waals surface area contributed by atoms with Crippen LogP contribution in [0.25, 0.3) is 0 Å². The van der Waals surface area contributed by atoms with E-state index in [1.54, 1.807) is 0 Å². The molecule has 1 unspecified atom stereocenters. The fraction of sp³-hybridized carbons (Fsp3) is 1.00. The maximum absolute atomic E-state index is 8.93. The number of rotatable bonds is 6. The molecule has 3 heteroatoms. The minimum Gasteiger partial charge on any atom is -0.396 e. The Labute approximate surface area is 99.6 Å². The lowest BCUT2D eigenvalue weighted by Crippen LogP contribution is -2.36. The lowest BCUT2D eigenvalue weighted by Gasteiger charge is -2.25. The monoisotopic (exact) mass is 229 g/mol. The van der Waals surface area contributed by atoms with E-state index in [1.165, 1.54) is 0 Å². The van der Waals surface area contributed by atoms with Crippen molar-refractivity contribution in [3.8, 4) is 0 Å². The maximum atomic E-state index is 8.93. The average molecular weight is 229 g/mol. The van der Waals surface area contributed by atoms with Gasteiger partial charge in [0.25, 0.3) is 0 Å². The van der Waals surface area contributed by atoms with Crippen molar-refractivity contribution in [1.82, 2.24) is 5.32 Å². The van der Waals surface area contributed by atoms with E-state index in [9.17, 15) is 0 Å². The summed E-state index contributed by atoms with van der Waals surface area (Å²) in [4.78, 5) is 0. The van der Waals surface area contributed by atoms with Gasteiger partial charge in [0, 0.05) is 19.7 Å². The molecular formula is C13H27NO2. The number of hydrogen-bond acceptors (Lipinski definition) is 3. The minimum absolute atomic E-state index is 0.0625. The first kappa shape index (κ1) is 13.9. The smallest absolute Gasteiger partial charge is 0.0707 e. The summed E-state index contributed by atoms with van der Waals surface area (Å²) in [7, 11) is 0. The second-order valence-corrected chi connectivity index (χ2v) is 6.31. The van der Waals surface area contributed by atoms with E-state index < -0.39 is 0 Å². The first-order valence-electron chi connectivity index (χ1n) is 6.34. The van der Waals surface area contributed by atoms with E-state index in [4.69, 9.17) is 9.84 Å². The molecule has 1 heterocycles. The molecule has 0 aliphatic carbocycles. The summed E-state index contributed by atoms with van der Waals surface area (Å²) in [6, 6.07) is 0. The lowest BCUT2D eigenvalue weighted by atomic mass is 9.90. The van der Waals surface area contributed by atoms with Gasteiger partial charge in [0.1, 0.15) is 0 Å². The van der Waals surface area contributed by atoms with Crippen LogP contribution in [0.15, 0.2) is 0 Å². The maximum Gasteiger partial charge on any atom is 0.0707 e. The van der Waals surface area contributed by atoms with E-state index in [0.717, 1.165) is 32.4 Å². The first-order valence-corrected chi connectivity index (χ1v) is 6.34. The summed E-state index contributed by atoms with van der Waals surface area (Å²) in [6.07, 6.45) is 3.51. The van der Waals surface area contributed by atoms with Crippen molar-refractivity contribution in [3.05, 3.63) is 0 Å². The van der Waals surface area contributed by atoms with Gasteiger partial charge < -0.3 is 15.2 Å². The van der Waals surface area contributed by atoms with Gasteiger partial charge in [-0.25, -0.2) is 0 Å². The van der Waals surface area contributed by atoms with Crippen molar-refractivity contribution >= 4 is 0 Å². The van der Waals surface area contributed by atoms with Gasteiger partial charge in [-0.2, -0.15) is 0 Å². The molecule has 0 aromatic rings. The highest BCUT2D eigenvalue weighted by Gasteiger charge is 2.31. The van der Waals surface area contributed by atoms with Crippen LogP contribution in [0.1, 0.15) is 47.0 Å². The van der Waals surface area contributed by atoms with Gasteiger partial charge in [0.2, 0.25) is 0 Å². The highest BCUT2D eigenvalue weighted by molar-refractivity contribution is 4.82. The molecule has 1 saturated heterocycles. The third-order valence-electron chi connectivity index (χ3n) is 3.32. The summed E-state index contributed by atoms with van der Waals surface area (Å²) in [5.41, 5.74) is 0.232. The van der Waals surface area contributed by atoms with Gasteiger partial charge >= 0.3 is 0 Å². The van der Waals surface area contributed by atoms with Crippen LogP contribution >= 0.6 is 0 Å². The van der Waals surface area contributed by atoms with Crippen molar-refractivity contribution in [1.29, 1.82) is 0 Å². The van der Waals surface area contributed by atoms with Crippen LogP contribution in [0, 0.1) is 5.41 Å². The molecule has 96 valence electrons. The quantitative estimate of drug-likeness (QED) is 0.731. The standard InChI is InChI=1S/C13H27NO2/c1-12(2,7-8-15)10-14-9-11-5-6-13(3,4)16-11/h11,14-15H,5-10H2,1-4H3. The van der Waals surface area contributed by atoms with Gasteiger partial charge in [0.05, 0.1) is 11.7 Å². The predicted octanol–water partition coefficient (Wildman–Crippen LogP) is 1.94. The van der Waals surface area contributed by atoms with Crippen LogP contribution in [0.3, 0.4) is 0 Å². The van der Waals surface area contributed by atoms with Crippen LogP contribution in [-0.4, -0.2) is 36.5 Å². The molecule has 1 aliphatic rings. The van der Waals surface area contributed by atoms with Gasteiger partial charge in [-0.05, 0) is 38.5 Å². The fourth-order valence-electron chi connectivity index (χ4n) is 2.18. The number of aliphatic hydroxyl groups excluding tert-OH is 1. The number of aliphatic hydroxyl groups is 1. The summed E-state index contributed by atoms with van der Waals surface area (Å²) < 4.78 is 5.91. The van der Waals surface area contributed by atoms with Gasteiger partial charge in [-0.1, -0.05) is 13.8 Å². The zero-order valence-electron chi connectivity index (χ0n) is 11.2. The Balaban J connectivity index is 2.17. The number of nitrogens with one attached hydrogen (secondary N) is 1. The van der Waals surface area contributed by atoms with Crippen molar-refractivity contribution in [3.63, 3.8) is 0 Å². The molecule has 0 aromatic carbocycles. The summed E-state index contributed by atoms with van der Waals surface area (Å²) in [5, 5.41) is 12.4. The topological polar surface area (TPSA) is 41.5 Å². The normalized spacial score (nSPS) is 24.9. The molecular weight excluding hydrogens is 202 g/mol. The van der Waals surface area contributed by atoms with Gasteiger partial charge in [-0.3, -0.25) is 0 Å². The first-order chi connectivity index (χ1) is 7.35. The van der Waals surface area contributed by atoms with Crippen LogP contribution in [0.4, 0.5) is 0 Å². The molecule has 1 atom stereocenters. The molecule has 0 bridgehead atoms. The van der Waals surface area contributed by atoms with Gasteiger partial charge in [-0.15, -0.1) is 0 Å². The van der Waals surface area contributed by atoms with Crippen molar-refractivity contribution < 1.29 is 9.84 Å². The molecule has 16 heavy (non-hydrogen) atoms. The van der Waals surface area contributed by atoms with Crippen molar-refractivity contribution in [2.45, 2.75) is 58.7 Å². The zero-order valence-corrected chi connectivity index (χ0v) is 11.2. The second kappa shape index (κ2) is 5.48. The third-order valence-corrected chi connectivity index (χ3v) is 3.32. The van der Waals surface area contributed by atoms with Crippen LogP contribution in [-0.2, 0) is 4.74 Å². The number of hydrogen-bond donors (Lipinski definition) is 2. The minimum atomic E-state index is 0.0625. The molecule has 0 amide bonds. The van der Waals surface area contributed by atoms with Crippen LogP contribution in [0.2, 0.25) is 0 Å². The predicted molar refractivity (Wildman–Crippen MR) is 66.5 cm³/mol. The van der Waals surface area contributed by atoms with Crippen LogP contribution in [0.5, 0.6) is 0 Å². The SMILES string of the molecule is CC(C)(CCO)CNCC1CCC(C)(C)O1.